The highest BCUT2D eigenvalue weighted by molar-refractivity contribution is 5.94. The van der Waals surface area contributed by atoms with Gasteiger partial charge in [-0.1, -0.05) is 0 Å². The van der Waals surface area contributed by atoms with E-state index in [0.29, 0.717) is 44.9 Å². The van der Waals surface area contributed by atoms with Crippen LogP contribution in [-0.2, 0) is 76.2 Å². The first-order valence-electron chi connectivity index (χ1n) is 42.3. The lowest BCUT2D eigenvalue weighted by Crippen LogP contribution is -2.56. The number of amides is 14. The molecule has 0 aromatic carbocycles. The Morgan fingerprint density at radius 1 is 0.190 bits per heavy atom. The molecule has 0 bridgehead atoms. The molecule has 0 saturated heterocycles. The summed E-state index contributed by atoms with van der Waals surface area (Å²) in [5.41, 5.74) is -6.68. The summed E-state index contributed by atoms with van der Waals surface area (Å²) < 4.78 is 48.3. The molecule has 7 atom stereocenters. The lowest BCUT2D eigenvalue weighted by molar-refractivity contribution is -0.145. The van der Waals surface area contributed by atoms with Crippen molar-refractivity contribution in [1.82, 2.24) is 74.4 Å². The summed E-state index contributed by atoms with van der Waals surface area (Å²) in [4.78, 5) is 201. The lowest BCUT2D eigenvalue weighted by atomic mass is 10.0. The zero-order valence-corrected chi connectivity index (χ0v) is 77.1. The van der Waals surface area contributed by atoms with Crippen molar-refractivity contribution in [3.63, 3.8) is 0 Å². The van der Waals surface area contributed by atoms with E-state index in [1.165, 1.54) is 0 Å². The molecule has 14 N–H and O–H groups in total. The van der Waals surface area contributed by atoms with Gasteiger partial charge in [0.15, 0.2) is 0 Å². The Labute approximate surface area is 717 Å². The van der Waals surface area contributed by atoms with Crippen molar-refractivity contribution in [1.29, 1.82) is 0 Å². The molecule has 0 radical (unpaired) electrons. The van der Waals surface area contributed by atoms with Crippen LogP contribution in [0.25, 0.3) is 0 Å². The molecular formula is C83H152N14O24. The van der Waals surface area contributed by atoms with Crippen LogP contribution >= 0.6 is 0 Å². The second kappa shape index (κ2) is 54.8. The van der Waals surface area contributed by atoms with Crippen LogP contribution in [0.1, 0.15) is 301 Å². The summed E-state index contributed by atoms with van der Waals surface area (Å²) in [7, 11) is 1.11. The van der Waals surface area contributed by atoms with E-state index in [4.69, 9.17) is 42.6 Å². The van der Waals surface area contributed by atoms with Gasteiger partial charge in [-0.2, -0.15) is 0 Å². The van der Waals surface area contributed by atoms with Crippen LogP contribution in [0.4, 0.5) is 38.4 Å². The van der Waals surface area contributed by atoms with Gasteiger partial charge >= 0.3 is 54.7 Å². The molecule has 0 aliphatic carbocycles. The topological polar surface area (TPSA) is 508 Å². The Bertz CT molecular complexity index is 3250. The fourth-order valence-electron chi connectivity index (χ4n) is 11.0. The van der Waals surface area contributed by atoms with Gasteiger partial charge in [0.1, 0.15) is 87.1 Å². The number of alkyl carbamates (subject to hydrolysis) is 8. The molecule has 0 aliphatic rings. The van der Waals surface area contributed by atoms with E-state index in [-0.39, 0.29) is 136 Å². The first kappa shape index (κ1) is 111. The third-order valence-corrected chi connectivity index (χ3v) is 16.1. The summed E-state index contributed by atoms with van der Waals surface area (Å²) in [6.45, 7) is 41.3. The van der Waals surface area contributed by atoms with Gasteiger partial charge in [-0.25, -0.2) is 43.2 Å². The van der Waals surface area contributed by atoms with E-state index >= 15 is 0 Å². The summed E-state index contributed by atoms with van der Waals surface area (Å²) in [5, 5.41) is 37.9. The molecule has 0 spiro atoms. The summed E-state index contributed by atoms with van der Waals surface area (Å²) in [6, 6.07) is -8.66. The number of esters is 1. The van der Waals surface area contributed by atoms with Gasteiger partial charge in [-0.15, -0.1) is 0 Å². The summed E-state index contributed by atoms with van der Waals surface area (Å²) in [5.74, 6) is -4.99. The number of carbonyl (C=O) groups excluding carboxylic acids is 15. The molecule has 0 aromatic rings. The first-order valence-corrected chi connectivity index (χ1v) is 42.3. The van der Waals surface area contributed by atoms with Gasteiger partial charge in [0.2, 0.25) is 35.4 Å². The van der Waals surface area contributed by atoms with Crippen LogP contribution in [-0.4, -0.2) is 230 Å². The quantitative estimate of drug-likeness (QED) is 0.0153. The number of rotatable bonds is 49. The number of hydrogen-bond acceptors (Lipinski definition) is 24. The van der Waals surface area contributed by atoms with E-state index < -0.39 is 177 Å². The largest absolute Gasteiger partial charge is 0.467 e. The third kappa shape index (κ3) is 62.3. The highest BCUT2D eigenvalue weighted by Crippen LogP contribution is 2.18. The van der Waals surface area contributed by atoms with Crippen molar-refractivity contribution in [3.05, 3.63) is 0 Å². The van der Waals surface area contributed by atoms with Gasteiger partial charge in [0, 0.05) is 45.8 Å². The van der Waals surface area contributed by atoms with Crippen LogP contribution in [0.5, 0.6) is 0 Å². The molecule has 0 fully saturated rings. The van der Waals surface area contributed by atoms with E-state index in [0.717, 1.165) is 7.11 Å². The molecule has 0 heterocycles. The van der Waals surface area contributed by atoms with Crippen LogP contribution in [0.2, 0.25) is 0 Å². The van der Waals surface area contributed by atoms with Crippen molar-refractivity contribution in [3.8, 4) is 0 Å². The minimum absolute atomic E-state index is 0.00140. The highest BCUT2D eigenvalue weighted by atomic mass is 16.6. The average molecular weight is 1730 g/mol. The Kier molecular flexibility index (Phi) is 50.4. The van der Waals surface area contributed by atoms with Crippen molar-refractivity contribution in [2.75, 3.05) is 52.9 Å². The molecule has 698 valence electrons. The van der Waals surface area contributed by atoms with E-state index in [9.17, 15) is 71.9 Å². The second-order valence-corrected chi connectivity index (χ2v) is 37.6. The predicted octanol–water partition coefficient (Wildman–Crippen LogP) is 9.83. The van der Waals surface area contributed by atoms with Gasteiger partial charge in [0.25, 0.3) is 0 Å². The Hall–Kier alpha value is -9.55. The maximum atomic E-state index is 14.7. The van der Waals surface area contributed by atoms with Gasteiger partial charge in [0.05, 0.1) is 7.11 Å². The van der Waals surface area contributed by atoms with E-state index in [2.05, 4.69) is 74.4 Å². The molecule has 0 aromatic heterocycles. The molecule has 38 heteroatoms. The van der Waals surface area contributed by atoms with Crippen LogP contribution in [0, 0.1) is 0 Å². The lowest BCUT2D eigenvalue weighted by Gasteiger charge is -2.26. The third-order valence-electron chi connectivity index (χ3n) is 16.1. The van der Waals surface area contributed by atoms with Crippen molar-refractivity contribution in [2.45, 2.75) is 388 Å². The number of hydrogen-bond donors (Lipinski definition) is 14. The smallest absolute Gasteiger partial charge is 0.408 e. The number of nitrogens with one attached hydrogen (secondary N) is 14. The second-order valence-electron chi connectivity index (χ2n) is 37.6. The fourth-order valence-corrected chi connectivity index (χ4v) is 11.0. The normalized spacial score (nSPS) is 13.7. The number of unbranched alkanes of at least 4 members (excludes halogenated alkanes) is 7. The summed E-state index contributed by atoms with van der Waals surface area (Å²) >= 11 is 0. The molecule has 38 nitrogen and oxygen atoms in total. The molecule has 0 unspecified atom stereocenters. The van der Waals surface area contributed by atoms with Crippen LogP contribution in [0.15, 0.2) is 0 Å². The Balaban J connectivity index is 7.21. The molecule has 121 heavy (non-hydrogen) atoms. The molecular weight excluding hydrogens is 1580 g/mol. The number of methoxy groups -OCH3 is 1. The molecule has 0 saturated carbocycles. The van der Waals surface area contributed by atoms with Crippen molar-refractivity contribution in [2.24, 2.45) is 0 Å². The van der Waals surface area contributed by atoms with Gasteiger partial charge in [-0.05, 0) is 301 Å². The number of ether oxygens (including phenoxy) is 9. The average Bonchev–Trinajstić information content (AvgIpc) is 0.872. The highest BCUT2D eigenvalue weighted by Gasteiger charge is 2.35. The monoisotopic (exact) mass is 1730 g/mol. The zero-order chi connectivity index (χ0) is 92.8. The van der Waals surface area contributed by atoms with Gasteiger partial charge < -0.3 is 117 Å². The predicted molar refractivity (Wildman–Crippen MR) is 453 cm³/mol. The molecule has 14 amide bonds. The van der Waals surface area contributed by atoms with Crippen LogP contribution in [0.3, 0.4) is 0 Å². The zero-order valence-electron chi connectivity index (χ0n) is 77.1. The van der Waals surface area contributed by atoms with Crippen molar-refractivity contribution < 1.29 is 115 Å². The SMILES string of the molecule is COC(=O)[C@H](CCCCNC(=O)[C@H](CCCCNC(=O)[C@H](CCCCNC(=O)OC(C)(C)C)NC(=O)OC(C)(C)C)NC(=O)[C@H](CCCCNC(=O)OC(C)(C)C)NC(=O)OC(C)(C)C)NC(=O)[C@H](CCCCNC(=O)[C@H](CCCCNC(=O)OC(C)(C)C)NC(=O)OC(C)(C)C)NC(=O)[C@H](CCCCNC(=O)OC(C)(C)C)NC(=O)OC(C)(C)C. The number of carbonyl (C=O) groups is 15. The first-order chi connectivity index (χ1) is 55.6. The van der Waals surface area contributed by atoms with E-state index in [1.54, 1.807) is 166 Å². The summed E-state index contributed by atoms with van der Waals surface area (Å²) in [6.07, 6.45) is -1.75. The minimum Gasteiger partial charge on any atom is -0.467 e. The maximum absolute atomic E-state index is 14.7. The minimum atomic E-state index is -1.40. The van der Waals surface area contributed by atoms with Gasteiger partial charge in [-0.3, -0.25) is 28.8 Å². The Morgan fingerprint density at radius 3 is 0.529 bits per heavy atom. The molecule has 0 aliphatic heterocycles. The molecule has 0 rings (SSSR count). The van der Waals surface area contributed by atoms with Crippen molar-refractivity contribution >= 4 is 90.2 Å². The van der Waals surface area contributed by atoms with E-state index in [1.807, 2.05) is 0 Å². The fraction of sp³-hybridized carbons (Fsp3) is 0.819. The Morgan fingerprint density at radius 2 is 0.339 bits per heavy atom. The maximum Gasteiger partial charge on any atom is 0.408 e. The standard InChI is InChI=1S/C83H152N14O24/c1-76(2,3)114-68(105)87-50-36-28-41-55(94-72(109)118-80(13,14)15)62(99)85-47-33-26-40-54(91-65(102)58(96-74(111)120-82(19,20)21)44-30-38-52-89-70(107)116-78(7,8)9)61(98)84-49-35-32-46-60(67(104)113-25)93-64(101)57(92-66(103)59(97-75(112)121-83(22,23)24)45-31-39-53-90-71(108)117-79(10,11)12)43-27-34-48-86-63(100)56(95-73(110)119-81(16,17)18)42-29-37-51-88-69(106)115-77(4,5)6/h54-60H,26-53H2,1-25H3,(H,84,98)(H,85,99)(H,86,100)(H,87,105)(H,88,106)(H,89,107)(H,90,108)(H,91,102)(H,92,103)(H,93,101)(H,94,109)(H,95,110)(H,96,111)(H,97,112)/t54-,55-,56-,57-,58-,59-,60-/m0/s1. The van der Waals surface area contributed by atoms with Crippen LogP contribution < -0.4 is 74.4 Å².